The first kappa shape index (κ1) is 14.1. The van der Waals surface area contributed by atoms with Crippen molar-refractivity contribution in [2.45, 2.75) is 46.1 Å². The zero-order chi connectivity index (χ0) is 12.9. The molecule has 0 aromatic carbocycles. The van der Waals surface area contributed by atoms with E-state index >= 15 is 0 Å². The van der Waals surface area contributed by atoms with Crippen molar-refractivity contribution in [2.75, 3.05) is 26.7 Å². The minimum Gasteiger partial charge on any atom is -0.344 e. The Morgan fingerprint density at radius 3 is 2.53 bits per heavy atom. The number of hydrogen-bond acceptors (Lipinski definition) is 1. The van der Waals surface area contributed by atoms with Gasteiger partial charge >= 0.3 is 0 Å². The van der Waals surface area contributed by atoms with Gasteiger partial charge in [0.05, 0.1) is 5.54 Å². The summed E-state index contributed by atoms with van der Waals surface area (Å²) >= 11 is 0. The topological polar surface area (TPSA) is 18.8 Å². The number of aliphatic imine (C=N–C) groups is 1. The van der Waals surface area contributed by atoms with E-state index in [4.69, 9.17) is 4.99 Å². The van der Waals surface area contributed by atoms with Crippen molar-refractivity contribution in [1.29, 1.82) is 0 Å². The molecule has 1 rings (SSSR count). The van der Waals surface area contributed by atoms with E-state index in [0.29, 0.717) is 0 Å². The van der Waals surface area contributed by atoms with Crippen molar-refractivity contribution in [3.63, 3.8) is 0 Å². The highest BCUT2D eigenvalue weighted by Crippen LogP contribution is 2.14. The van der Waals surface area contributed by atoms with Gasteiger partial charge in [-0.25, -0.2) is 4.99 Å². The molecule has 17 heavy (non-hydrogen) atoms. The maximum absolute atomic E-state index is 4.81. The van der Waals surface area contributed by atoms with Crippen molar-refractivity contribution in [1.82, 2.24) is 9.80 Å². The van der Waals surface area contributed by atoms with E-state index in [9.17, 15) is 0 Å². The van der Waals surface area contributed by atoms with Crippen LogP contribution in [0.4, 0.5) is 0 Å². The van der Waals surface area contributed by atoms with Crippen LogP contribution in [0.25, 0.3) is 0 Å². The molecule has 0 saturated carbocycles. The third kappa shape index (κ3) is 4.80. The van der Waals surface area contributed by atoms with E-state index in [0.717, 1.165) is 38.4 Å². The average molecular weight is 237 g/mol. The Balaban J connectivity index is 2.59. The molecule has 1 aliphatic heterocycles. The first-order valence-electron chi connectivity index (χ1n) is 6.65. The van der Waals surface area contributed by atoms with Gasteiger partial charge in [0.2, 0.25) is 0 Å². The summed E-state index contributed by atoms with van der Waals surface area (Å²) < 4.78 is 0. The molecule has 3 nitrogen and oxygen atoms in total. The Morgan fingerprint density at radius 1 is 1.24 bits per heavy atom. The van der Waals surface area contributed by atoms with Gasteiger partial charge in [-0.2, -0.15) is 0 Å². The van der Waals surface area contributed by atoms with Gasteiger partial charge in [0.1, 0.15) is 0 Å². The molecular weight excluding hydrogens is 210 g/mol. The zero-order valence-electron chi connectivity index (χ0n) is 12.0. The minimum atomic E-state index is 0.00540. The van der Waals surface area contributed by atoms with Crippen LogP contribution >= 0.6 is 0 Å². The number of nitrogens with zero attached hydrogens (tertiary/aromatic N) is 3. The van der Waals surface area contributed by atoms with Gasteiger partial charge in [0.15, 0.2) is 5.96 Å². The van der Waals surface area contributed by atoms with E-state index < -0.39 is 0 Å². The summed E-state index contributed by atoms with van der Waals surface area (Å²) in [6.07, 6.45) is 6.75. The maximum Gasteiger partial charge on any atom is 0.196 e. The molecule has 1 fully saturated rings. The fraction of sp³-hybridized carbons (Fsp3) is 0.786. The Labute approximate surface area is 106 Å². The lowest BCUT2D eigenvalue weighted by Gasteiger charge is -2.24. The Hall–Kier alpha value is -0.990. The second kappa shape index (κ2) is 6.08. The lowest BCUT2D eigenvalue weighted by molar-refractivity contribution is 0.456. The van der Waals surface area contributed by atoms with Gasteiger partial charge in [0, 0.05) is 26.7 Å². The van der Waals surface area contributed by atoms with Gasteiger partial charge in [-0.15, -0.1) is 0 Å². The van der Waals surface area contributed by atoms with Crippen LogP contribution in [0.2, 0.25) is 0 Å². The molecule has 0 atom stereocenters. The number of allylic oxidation sites excluding steroid dienone is 1. The molecule has 0 aromatic rings. The summed E-state index contributed by atoms with van der Waals surface area (Å²) in [6.45, 7) is 11.9. The van der Waals surface area contributed by atoms with Crippen molar-refractivity contribution in [3.05, 3.63) is 12.2 Å². The smallest absolute Gasteiger partial charge is 0.196 e. The largest absolute Gasteiger partial charge is 0.344 e. The van der Waals surface area contributed by atoms with Crippen molar-refractivity contribution < 1.29 is 0 Å². The summed E-state index contributed by atoms with van der Waals surface area (Å²) in [7, 11) is 2.13. The first-order valence-corrected chi connectivity index (χ1v) is 6.65. The summed E-state index contributed by atoms with van der Waals surface area (Å²) in [5.41, 5.74) is 0.00540. The molecule has 0 radical (unpaired) electrons. The second-order valence-corrected chi connectivity index (χ2v) is 5.66. The predicted molar refractivity (Wildman–Crippen MR) is 75.4 cm³/mol. The fourth-order valence-electron chi connectivity index (χ4n) is 1.89. The van der Waals surface area contributed by atoms with Crippen LogP contribution in [0.5, 0.6) is 0 Å². The average Bonchev–Trinajstić information content (AvgIpc) is 2.54. The lowest BCUT2D eigenvalue weighted by atomic mass is 10.1. The lowest BCUT2D eigenvalue weighted by Crippen LogP contribution is -2.34. The van der Waals surface area contributed by atoms with Crippen LogP contribution in [0.15, 0.2) is 17.1 Å². The molecule has 0 unspecified atom stereocenters. The molecule has 0 amide bonds. The van der Waals surface area contributed by atoms with E-state index in [2.05, 4.69) is 56.7 Å². The van der Waals surface area contributed by atoms with Crippen LogP contribution in [-0.2, 0) is 0 Å². The van der Waals surface area contributed by atoms with Gasteiger partial charge in [0.25, 0.3) is 0 Å². The van der Waals surface area contributed by atoms with Crippen LogP contribution < -0.4 is 0 Å². The molecule has 0 bridgehead atoms. The molecule has 1 aliphatic rings. The molecule has 0 N–H and O–H groups in total. The second-order valence-electron chi connectivity index (χ2n) is 5.66. The molecule has 0 spiro atoms. The summed E-state index contributed by atoms with van der Waals surface area (Å²) in [4.78, 5) is 9.47. The summed E-state index contributed by atoms with van der Waals surface area (Å²) in [5, 5.41) is 0. The van der Waals surface area contributed by atoms with Gasteiger partial charge in [-0.3, -0.25) is 0 Å². The summed E-state index contributed by atoms with van der Waals surface area (Å²) in [6, 6.07) is 0. The van der Waals surface area contributed by atoms with Gasteiger partial charge < -0.3 is 9.80 Å². The van der Waals surface area contributed by atoms with Crippen molar-refractivity contribution >= 4 is 5.96 Å². The van der Waals surface area contributed by atoms with Crippen LogP contribution in [-0.4, -0.2) is 48.0 Å². The molecule has 98 valence electrons. The molecule has 0 aliphatic carbocycles. The quantitative estimate of drug-likeness (QED) is 0.700. The monoisotopic (exact) mass is 237 g/mol. The van der Waals surface area contributed by atoms with E-state index in [1.165, 1.54) is 0 Å². The third-order valence-electron chi connectivity index (χ3n) is 2.73. The highest BCUT2D eigenvalue weighted by atomic mass is 15.4. The summed E-state index contributed by atoms with van der Waals surface area (Å²) in [5.74, 6) is 1.15. The fourth-order valence-corrected chi connectivity index (χ4v) is 1.89. The van der Waals surface area contributed by atoms with E-state index in [1.807, 2.05) is 0 Å². The molecule has 1 saturated heterocycles. The zero-order valence-corrected chi connectivity index (χ0v) is 12.0. The van der Waals surface area contributed by atoms with Crippen molar-refractivity contribution in [3.8, 4) is 0 Å². The molecule has 0 aromatic heterocycles. The number of rotatable bonds is 4. The number of guanidine groups is 1. The van der Waals surface area contributed by atoms with Gasteiger partial charge in [-0.05, 0) is 33.6 Å². The number of likely N-dealkylation sites (N-methyl/N-ethyl adjacent to an activating group) is 1. The SMILES string of the molecule is CC/C=C/CCN1CCN(C)C1=NC(C)(C)C. The number of hydrogen-bond donors (Lipinski definition) is 0. The van der Waals surface area contributed by atoms with Crippen molar-refractivity contribution in [2.24, 2.45) is 4.99 Å². The van der Waals surface area contributed by atoms with E-state index in [1.54, 1.807) is 0 Å². The van der Waals surface area contributed by atoms with Crippen LogP contribution in [0, 0.1) is 0 Å². The first-order chi connectivity index (χ1) is 7.94. The van der Waals surface area contributed by atoms with E-state index in [-0.39, 0.29) is 5.54 Å². The third-order valence-corrected chi connectivity index (χ3v) is 2.73. The normalized spacial score (nSPS) is 19.9. The standard InChI is InChI=1S/C14H27N3/c1-6-7-8-9-10-17-12-11-16(5)13(17)15-14(2,3)4/h7-8H,6,9-12H2,1-5H3/b8-7+,15-13?. The molecular formula is C14H27N3. The molecule has 3 heteroatoms. The highest BCUT2D eigenvalue weighted by molar-refractivity contribution is 5.82. The van der Waals surface area contributed by atoms with Crippen LogP contribution in [0.1, 0.15) is 40.5 Å². The predicted octanol–water partition coefficient (Wildman–Crippen LogP) is 2.74. The Morgan fingerprint density at radius 2 is 1.94 bits per heavy atom. The maximum atomic E-state index is 4.81. The Bertz CT molecular complexity index is 286. The minimum absolute atomic E-state index is 0.00540. The van der Waals surface area contributed by atoms with Gasteiger partial charge in [-0.1, -0.05) is 19.1 Å². The Kier molecular flexibility index (Phi) is 5.03. The molecule has 1 heterocycles. The van der Waals surface area contributed by atoms with Crippen LogP contribution in [0.3, 0.4) is 0 Å². The highest BCUT2D eigenvalue weighted by Gasteiger charge is 2.24.